The molecular formula is C23H15Cl3N2O. The Morgan fingerprint density at radius 3 is 2.24 bits per heavy atom. The first-order valence-electron chi connectivity index (χ1n) is 8.86. The molecule has 0 fully saturated rings. The fourth-order valence-electron chi connectivity index (χ4n) is 2.78. The minimum atomic E-state index is 0.287. The van der Waals surface area contributed by atoms with E-state index in [0.29, 0.717) is 26.6 Å². The third kappa shape index (κ3) is 4.70. The monoisotopic (exact) mass is 440 g/mol. The van der Waals surface area contributed by atoms with E-state index in [-0.39, 0.29) is 6.61 Å². The van der Waals surface area contributed by atoms with Crippen LogP contribution in [0.2, 0.25) is 15.1 Å². The lowest BCUT2D eigenvalue weighted by Gasteiger charge is -2.10. The second-order valence-electron chi connectivity index (χ2n) is 6.28. The summed E-state index contributed by atoms with van der Waals surface area (Å²) in [6.45, 7) is 0.287. The Bertz CT molecular complexity index is 1210. The number of hydrogen-bond acceptors (Lipinski definition) is 3. The van der Waals surface area contributed by atoms with E-state index in [2.05, 4.69) is 4.98 Å². The van der Waals surface area contributed by atoms with E-state index in [0.717, 1.165) is 22.2 Å². The molecule has 0 saturated heterocycles. The first kappa shape index (κ1) is 19.7. The SMILES string of the molecule is Clc1ccc(/C=C/c2nc3ccccc3nc2OCc2ccccc2Cl)c(Cl)c1. The molecule has 0 aliphatic heterocycles. The highest BCUT2D eigenvalue weighted by Gasteiger charge is 2.10. The molecule has 0 aliphatic rings. The zero-order chi connectivity index (χ0) is 20.2. The van der Waals surface area contributed by atoms with E-state index in [1.165, 1.54) is 0 Å². The van der Waals surface area contributed by atoms with Gasteiger partial charge in [-0.1, -0.05) is 77.3 Å². The smallest absolute Gasteiger partial charge is 0.240 e. The Morgan fingerprint density at radius 1 is 0.759 bits per heavy atom. The average Bonchev–Trinajstić information content (AvgIpc) is 2.72. The van der Waals surface area contributed by atoms with Gasteiger partial charge in [0.25, 0.3) is 0 Å². The molecule has 0 bridgehead atoms. The lowest BCUT2D eigenvalue weighted by atomic mass is 10.2. The summed E-state index contributed by atoms with van der Waals surface area (Å²) in [4.78, 5) is 9.33. The standard InChI is InChI=1S/C23H15Cl3N2O/c24-17-11-9-15(19(26)13-17)10-12-22-23(28-21-8-4-3-7-20(21)27-22)29-14-16-5-1-2-6-18(16)25/h1-13H,14H2/b12-10+. The van der Waals surface area contributed by atoms with Crippen molar-refractivity contribution in [2.45, 2.75) is 6.61 Å². The van der Waals surface area contributed by atoms with Crippen LogP contribution in [0.15, 0.2) is 66.7 Å². The van der Waals surface area contributed by atoms with Crippen molar-refractivity contribution < 1.29 is 4.74 Å². The summed E-state index contributed by atoms with van der Waals surface area (Å²) in [5.74, 6) is 0.421. The van der Waals surface area contributed by atoms with Gasteiger partial charge in [-0.3, -0.25) is 0 Å². The van der Waals surface area contributed by atoms with Crippen molar-refractivity contribution >= 4 is 58.0 Å². The number of halogens is 3. The molecule has 0 aliphatic carbocycles. The molecule has 6 heteroatoms. The van der Waals surface area contributed by atoms with Crippen LogP contribution >= 0.6 is 34.8 Å². The maximum absolute atomic E-state index is 6.27. The fraction of sp³-hybridized carbons (Fsp3) is 0.0435. The molecule has 0 spiro atoms. The Kier molecular flexibility index (Phi) is 6.00. The summed E-state index contributed by atoms with van der Waals surface area (Å²) < 4.78 is 5.99. The molecule has 0 amide bonds. The van der Waals surface area contributed by atoms with E-state index < -0.39 is 0 Å². The lowest BCUT2D eigenvalue weighted by molar-refractivity contribution is 0.293. The molecule has 4 rings (SSSR count). The van der Waals surface area contributed by atoms with Gasteiger partial charge in [-0.15, -0.1) is 0 Å². The normalized spacial score (nSPS) is 11.3. The van der Waals surface area contributed by atoms with Gasteiger partial charge in [0, 0.05) is 20.6 Å². The maximum Gasteiger partial charge on any atom is 0.240 e. The Hall–Kier alpha value is -2.59. The predicted molar refractivity (Wildman–Crippen MR) is 121 cm³/mol. The highest BCUT2D eigenvalue weighted by Crippen LogP contribution is 2.26. The highest BCUT2D eigenvalue weighted by molar-refractivity contribution is 6.35. The molecule has 0 N–H and O–H groups in total. The van der Waals surface area contributed by atoms with Gasteiger partial charge in [0.15, 0.2) is 0 Å². The molecule has 0 radical (unpaired) electrons. The van der Waals surface area contributed by atoms with Crippen LogP contribution < -0.4 is 4.74 Å². The maximum atomic E-state index is 6.27. The van der Waals surface area contributed by atoms with Crippen LogP contribution in [0.4, 0.5) is 0 Å². The molecule has 29 heavy (non-hydrogen) atoms. The fourth-order valence-corrected chi connectivity index (χ4v) is 3.44. The van der Waals surface area contributed by atoms with Crippen molar-refractivity contribution in [3.63, 3.8) is 0 Å². The molecule has 3 nitrogen and oxygen atoms in total. The van der Waals surface area contributed by atoms with Crippen LogP contribution in [0.3, 0.4) is 0 Å². The Balaban J connectivity index is 1.70. The number of hydrogen-bond donors (Lipinski definition) is 0. The van der Waals surface area contributed by atoms with E-state index >= 15 is 0 Å². The molecule has 0 saturated carbocycles. The highest BCUT2D eigenvalue weighted by atomic mass is 35.5. The van der Waals surface area contributed by atoms with Crippen LogP contribution in [0, 0.1) is 0 Å². The number of rotatable bonds is 5. The second-order valence-corrected chi connectivity index (χ2v) is 7.53. The zero-order valence-electron chi connectivity index (χ0n) is 15.1. The van der Waals surface area contributed by atoms with E-state index in [4.69, 9.17) is 44.5 Å². The van der Waals surface area contributed by atoms with Gasteiger partial charge in [-0.05, 0) is 42.0 Å². The summed E-state index contributed by atoms with van der Waals surface area (Å²) >= 11 is 18.5. The first-order chi connectivity index (χ1) is 14.1. The summed E-state index contributed by atoms with van der Waals surface area (Å²) in [6, 6.07) is 20.5. The molecule has 4 aromatic rings. The summed E-state index contributed by atoms with van der Waals surface area (Å²) in [6.07, 6.45) is 3.69. The lowest BCUT2D eigenvalue weighted by Crippen LogP contribution is -2.02. The average molecular weight is 442 g/mol. The first-order valence-corrected chi connectivity index (χ1v) is 10.00. The van der Waals surface area contributed by atoms with Gasteiger partial charge in [-0.25, -0.2) is 9.97 Å². The third-order valence-corrected chi connectivity index (χ3v) is 5.20. The largest absolute Gasteiger partial charge is 0.471 e. The molecule has 3 aromatic carbocycles. The van der Waals surface area contributed by atoms with Crippen molar-refractivity contribution in [1.29, 1.82) is 0 Å². The molecule has 0 atom stereocenters. The topological polar surface area (TPSA) is 35.0 Å². The Morgan fingerprint density at radius 2 is 1.48 bits per heavy atom. The number of fused-ring (bicyclic) bond motifs is 1. The quantitative estimate of drug-likeness (QED) is 0.325. The van der Waals surface area contributed by atoms with Crippen molar-refractivity contribution in [2.75, 3.05) is 0 Å². The minimum Gasteiger partial charge on any atom is -0.471 e. The predicted octanol–water partition coefficient (Wildman–Crippen LogP) is 7.34. The third-order valence-electron chi connectivity index (χ3n) is 4.27. The second kappa shape index (κ2) is 8.83. The van der Waals surface area contributed by atoms with Crippen LogP contribution in [0.1, 0.15) is 16.8 Å². The van der Waals surface area contributed by atoms with Crippen LogP contribution in [-0.4, -0.2) is 9.97 Å². The number of benzene rings is 3. The van der Waals surface area contributed by atoms with Gasteiger partial charge >= 0.3 is 0 Å². The van der Waals surface area contributed by atoms with Crippen LogP contribution in [-0.2, 0) is 6.61 Å². The molecular weight excluding hydrogens is 427 g/mol. The summed E-state index contributed by atoms with van der Waals surface area (Å²) in [7, 11) is 0. The number of para-hydroxylation sites is 2. The molecule has 1 aromatic heterocycles. The van der Waals surface area contributed by atoms with Gasteiger partial charge < -0.3 is 4.74 Å². The van der Waals surface area contributed by atoms with Crippen molar-refractivity contribution in [3.8, 4) is 5.88 Å². The van der Waals surface area contributed by atoms with E-state index in [1.54, 1.807) is 12.1 Å². The molecule has 1 heterocycles. The molecule has 0 unspecified atom stereocenters. The zero-order valence-corrected chi connectivity index (χ0v) is 17.4. The Labute approximate surface area is 183 Å². The molecule has 144 valence electrons. The van der Waals surface area contributed by atoms with Gasteiger partial charge in [0.1, 0.15) is 12.3 Å². The number of aromatic nitrogens is 2. The van der Waals surface area contributed by atoms with E-state index in [1.807, 2.05) is 66.7 Å². The van der Waals surface area contributed by atoms with Crippen LogP contribution in [0.5, 0.6) is 5.88 Å². The van der Waals surface area contributed by atoms with Crippen molar-refractivity contribution in [3.05, 3.63) is 98.6 Å². The minimum absolute atomic E-state index is 0.287. The van der Waals surface area contributed by atoms with E-state index in [9.17, 15) is 0 Å². The summed E-state index contributed by atoms with van der Waals surface area (Å²) in [5, 5.41) is 1.79. The number of nitrogens with zero attached hydrogens (tertiary/aromatic N) is 2. The van der Waals surface area contributed by atoms with Crippen molar-refractivity contribution in [2.24, 2.45) is 0 Å². The van der Waals surface area contributed by atoms with Gasteiger partial charge in [0.2, 0.25) is 5.88 Å². The van der Waals surface area contributed by atoms with Crippen LogP contribution in [0.25, 0.3) is 23.2 Å². The van der Waals surface area contributed by atoms with Gasteiger partial charge in [0.05, 0.1) is 11.0 Å². The summed E-state index contributed by atoms with van der Waals surface area (Å²) in [5.41, 5.74) is 3.83. The number of ether oxygens (including phenoxy) is 1. The van der Waals surface area contributed by atoms with Crippen molar-refractivity contribution in [1.82, 2.24) is 9.97 Å². The van der Waals surface area contributed by atoms with Gasteiger partial charge in [-0.2, -0.15) is 0 Å².